The Morgan fingerprint density at radius 3 is 2.47 bits per heavy atom. The van der Waals surface area contributed by atoms with Crippen LogP contribution in [-0.4, -0.2) is 44.3 Å². The highest BCUT2D eigenvalue weighted by Gasteiger charge is 2.28. The van der Waals surface area contributed by atoms with E-state index in [9.17, 15) is 22.0 Å². The molecular weight excluding hydrogens is 477 g/mol. The molecule has 0 bridgehead atoms. The Bertz CT molecular complexity index is 1000. The molecule has 0 heterocycles. The highest BCUT2D eigenvalue weighted by Crippen LogP contribution is 2.22. The van der Waals surface area contributed by atoms with Crippen LogP contribution in [0.3, 0.4) is 0 Å². The Hall–Kier alpha value is -1.39. The van der Waals surface area contributed by atoms with Crippen molar-refractivity contribution in [3.05, 3.63) is 63.6 Å². The first-order valence-corrected chi connectivity index (χ1v) is 12.3. The van der Waals surface area contributed by atoms with E-state index in [-0.39, 0.29) is 33.5 Å². The zero-order valence-corrected chi connectivity index (χ0v) is 19.3. The number of rotatable bonds is 9. The lowest BCUT2D eigenvalue weighted by Gasteiger charge is -2.25. The molecule has 0 spiro atoms. The fraction of sp³-hybridized carbons (Fsp3) is 0.316. The molecule has 0 aliphatic heterocycles. The van der Waals surface area contributed by atoms with Gasteiger partial charge in [0.15, 0.2) is 0 Å². The molecule has 0 saturated heterocycles. The summed E-state index contributed by atoms with van der Waals surface area (Å²) in [5, 5.41) is -0.187. The van der Waals surface area contributed by atoms with Crippen molar-refractivity contribution in [3.63, 3.8) is 0 Å². The molecule has 0 saturated carbocycles. The molecule has 164 valence electrons. The minimum absolute atomic E-state index is 0.131. The molecule has 2 rings (SSSR count). The van der Waals surface area contributed by atoms with Crippen molar-refractivity contribution in [2.45, 2.75) is 23.9 Å². The minimum Gasteiger partial charge on any atom is -0.340 e. The Kier molecular flexibility index (Phi) is 8.93. The van der Waals surface area contributed by atoms with Crippen LogP contribution in [0, 0.1) is 11.6 Å². The van der Waals surface area contributed by atoms with Crippen LogP contribution in [-0.2, 0) is 21.4 Å². The Morgan fingerprint density at radius 1 is 1.17 bits per heavy atom. The zero-order valence-electron chi connectivity index (χ0n) is 16.2. The highest BCUT2D eigenvalue weighted by molar-refractivity contribution is 7.98. The van der Waals surface area contributed by atoms with E-state index in [2.05, 4.69) is 4.72 Å². The molecule has 0 aliphatic rings. The molecule has 2 aromatic rings. The third kappa shape index (κ3) is 6.31. The van der Waals surface area contributed by atoms with Gasteiger partial charge in [-0.3, -0.25) is 4.79 Å². The number of carbonyl (C=O) groups is 1. The summed E-state index contributed by atoms with van der Waals surface area (Å²) in [5.41, 5.74) is 0.131. The van der Waals surface area contributed by atoms with Crippen molar-refractivity contribution < 1.29 is 22.0 Å². The maximum absolute atomic E-state index is 14.1. The minimum atomic E-state index is -4.15. The van der Waals surface area contributed by atoms with E-state index >= 15 is 0 Å². The number of hydrogen-bond donors (Lipinski definition) is 1. The first kappa shape index (κ1) is 24.9. The molecule has 1 unspecified atom stereocenters. The van der Waals surface area contributed by atoms with Gasteiger partial charge in [0.25, 0.3) is 0 Å². The number of sulfonamides is 1. The predicted molar refractivity (Wildman–Crippen MR) is 116 cm³/mol. The third-order valence-corrected chi connectivity index (χ3v) is 7.00. The summed E-state index contributed by atoms with van der Waals surface area (Å²) in [6.45, 7) is -0.135. The van der Waals surface area contributed by atoms with E-state index in [4.69, 9.17) is 23.2 Å². The van der Waals surface area contributed by atoms with Gasteiger partial charge >= 0.3 is 0 Å². The molecule has 0 radical (unpaired) electrons. The summed E-state index contributed by atoms with van der Waals surface area (Å²) >= 11 is 13.1. The summed E-state index contributed by atoms with van der Waals surface area (Å²) in [4.78, 5) is 13.9. The van der Waals surface area contributed by atoms with Crippen molar-refractivity contribution in [1.82, 2.24) is 9.62 Å². The maximum Gasteiger partial charge on any atom is 0.241 e. The number of halogens is 4. The van der Waals surface area contributed by atoms with Crippen LogP contribution in [0.4, 0.5) is 8.78 Å². The Balaban J connectivity index is 2.25. The van der Waals surface area contributed by atoms with E-state index in [0.29, 0.717) is 5.75 Å². The molecule has 0 aliphatic carbocycles. The van der Waals surface area contributed by atoms with Crippen LogP contribution in [0.15, 0.2) is 41.3 Å². The van der Waals surface area contributed by atoms with Crippen LogP contribution >= 0.6 is 35.0 Å². The summed E-state index contributed by atoms with van der Waals surface area (Å²) in [6.07, 6.45) is 2.02. The number of amides is 1. The number of benzene rings is 2. The summed E-state index contributed by atoms with van der Waals surface area (Å²) in [7, 11) is -2.72. The second-order valence-corrected chi connectivity index (χ2v) is 9.94. The fourth-order valence-electron chi connectivity index (χ4n) is 2.63. The van der Waals surface area contributed by atoms with Gasteiger partial charge in [0.1, 0.15) is 17.7 Å². The summed E-state index contributed by atoms with van der Waals surface area (Å²) in [5.74, 6) is -1.38. The van der Waals surface area contributed by atoms with Crippen LogP contribution in [0.2, 0.25) is 10.0 Å². The van der Waals surface area contributed by atoms with Crippen LogP contribution in [0.1, 0.15) is 12.0 Å². The van der Waals surface area contributed by atoms with Gasteiger partial charge in [0.05, 0.1) is 9.92 Å². The van der Waals surface area contributed by atoms with E-state index < -0.39 is 33.6 Å². The molecule has 1 N–H and O–H groups in total. The molecule has 1 amide bonds. The number of thioether (sulfide) groups is 1. The van der Waals surface area contributed by atoms with Gasteiger partial charge in [-0.05, 0) is 48.8 Å². The van der Waals surface area contributed by atoms with Crippen molar-refractivity contribution in [3.8, 4) is 0 Å². The second kappa shape index (κ2) is 10.8. The van der Waals surface area contributed by atoms with E-state index in [0.717, 1.165) is 18.2 Å². The lowest BCUT2D eigenvalue weighted by Crippen LogP contribution is -2.47. The highest BCUT2D eigenvalue weighted by atomic mass is 35.5. The van der Waals surface area contributed by atoms with Crippen molar-refractivity contribution in [2.24, 2.45) is 0 Å². The number of likely N-dealkylation sites (N-methyl/N-ethyl adjacent to an activating group) is 1. The molecule has 1 atom stereocenters. The number of nitrogens with one attached hydrogen (secondary N) is 1. The van der Waals surface area contributed by atoms with E-state index in [1.165, 1.54) is 41.9 Å². The van der Waals surface area contributed by atoms with Crippen LogP contribution < -0.4 is 4.72 Å². The number of hydrogen-bond acceptors (Lipinski definition) is 4. The molecule has 0 aromatic heterocycles. The van der Waals surface area contributed by atoms with E-state index in [1.54, 1.807) is 0 Å². The van der Waals surface area contributed by atoms with Crippen LogP contribution in [0.25, 0.3) is 0 Å². The molecule has 11 heteroatoms. The summed E-state index contributed by atoms with van der Waals surface area (Å²) < 4.78 is 55.2. The number of nitrogens with zero attached hydrogens (tertiary/aromatic N) is 1. The smallest absolute Gasteiger partial charge is 0.241 e. The SMILES string of the molecule is CSCCC(NS(=O)(=O)c1ccc(F)c(Cl)c1)C(=O)N(C)Cc1c(F)cccc1Cl. The molecule has 0 fully saturated rings. The van der Waals surface area contributed by atoms with Crippen molar-refractivity contribution in [2.75, 3.05) is 19.1 Å². The topological polar surface area (TPSA) is 66.5 Å². The lowest BCUT2D eigenvalue weighted by molar-refractivity contribution is -0.132. The average molecular weight is 497 g/mol. The quantitative estimate of drug-likeness (QED) is 0.560. The predicted octanol–water partition coefficient (Wildman–Crippen LogP) is 4.33. The average Bonchev–Trinajstić information content (AvgIpc) is 2.69. The molecule has 5 nitrogen and oxygen atoms in total. The third-order valence-electron chi connectivity index (χ3n) is 4.24. The monoisotopic (exact) mass is 496 g/mol. The normalized spacial score (nSPS) is 12.6. The van der Waals surface area contributed by atoms with Crippen molar-refractivity contribution >= 4 is 50.9 Å². The van der Waals surface area contributed by atoms with Gasteiger partial charge < -0.3 is 4.90 Å². The second-order valence-electron chi connectivity index (χ2n) is 6.43. The van der Waals surface area contributed by atoms with Gasteiger partial charge in [-0.25, -0.2) is 17.2 Å². The largest absolute Gasteiger partial charge is 0.340 e. The summed E-state index contributed by atoms with van der Waals surface area (Å²) in [6, 6.07) is 6.03. The van der Waals surface area contributed by atoms with Gasteiger partial charge in [-0.1, -0.05) is 29.3 Å². The van der Waals surface area contributed by atoms with Crippen LogP contribution in [0.5, 0.6) is 0 Å². The van der Waals surface area contributed by atoms with Gasteiger partial charge in [0, 0.05) is 24.2 Å². The standard InChI is InChI=1S/C19H20Cl2F2N2O3S2/c1-25(11-13-14(20)4-3-5-16(13)22)19(26)18(8-9-29-2)24-30(27,28)12-6-7-17(23)15(21)10-12/h3-7,10,18,24H,8-9,11H2,1-2H3. The first-order chi connectivity index (χ1) is 14.1. The fourth-order valence-corrected chi connectivity index (χ4v) is 4.82. The molecule has 30 heavy (non-hydrogen) atoms. The lowest BCUT2D eigenvalue weighted by atomic mass is 10.1. The van der Waals surface area contributed by atoms with Gasteiger partial charge in [0.2, 0.25) is 15.9 Å². The molecular formula is C19H20Cl2F2N2O3S2. The van der Waals surface area contributed by atoms with Gasteiger partial charge in [-0.15, -0.1) is 0 Å². The molecule has 2 aromatic carbocycles. The zero-order chi connectivity index (χ0) is 22.5. The Labute approximate surface area is 188 Å². The Morgan fingerprint density at radius 2 is 1.87 bits per heavy atom. The maximum atomic E-state index is 14.1. The number of carbonyl (C=O) groups excluding carboxylic acids is 1. The van der Waals surface area contributed by atoms with Gasteiger partial charge in [-0.2, -0.15) is 16.5 Å². The first-order valence-electron chi connectivity index (χ1n) is 8.71. The van der Waals surface area contributed by atoms with E-state index in [1.807, 2.05) is 6.26 Å². The van der Waals surface area contributed by atoms with Crippen molar-refractivity contribution in [1.29, 1.82) is 0 Å².